The zero-order chi connectivity index (χ0) is 23.3. The second kappa shape index (κ2) is 8.45. The highest BCUT2D eigenvalue weighted by molar-refractivity contribution is 6.31. The Kier molecular flexibility index (Phi) is 6.14. The Hall–Kier alpha value is -1.92. The van der Waals surface area contributed by atoms with Crippen molar-refractivity contribution in [3.8, 4) is 5.75 Å². The van der Waals surface area contributed by atoms with Crippen molar-refractivity contribution >= 4 is 29.1 Å². The summed E-state index contributed by atoms with van der Waals surface area (Å²) in [6.45, 7) is 2.67. The Morgan fingerprint density at radius 3 is 2.47 bits per heavy atom. The smallest absolute Gasteiger partial charge is 0.422 e. The van der Waals surface area contributed by atoms with Crippen molar-refractivity contribution in [1.29, 1.82) is 0 Å². The van der Waals surface area contributed by atoms with Gasteiger partial charge in [-0.25, -0.2) is 0 Å². The molecule has 32 heavy (non-hydrogen) atoms. The molecule has 0 radical (unpaired) electrons. The molecular formula is C24H24Cl2F3NO2. The molecule has 8 heteroatoms. The lowest BCUT2D eigenvalue weighted by Gasteiger charge is -2.46. The van der Waals surface area contributed by atoms with Gasteiger partial charge in [0.1, 0.15) is 5.75 Å². The van der Waals surface area contributed by atoms with E-state index < -0.39 is 18.2 Å². The molecule has 2 aromatic carbocycles. The van der Waals surface area contributed by atoms with Crippen molar-refractivity contribution in [3.63, 3.8) is 0 Å². The van der Waals surface area contributed by atoms with Gasteiger partial charge in [-0.05, 0) is 67.0 Å². The van der Waals surface area contributed by atoms with E-state index in [-0.39, 0.29) is 35.5 Å². The predicted molar refractivity (Wildman–Crippen MR) is 118 cm³/mol. The van der Waals surface area contributed by atoms with Crippen molar-refractivity contribution in [2.45, 2.75) is 50.7 Å². The van der Waals surface area contributed by atoms with Gasteiger partial charge in [-0.1, -0.05) is 48.3 Å². The second-order valence-electron chi connectivity index (χ2n) is 9.02. The Morgan fingerprint density at radius 1 is 1.16 bits per heavy atom. The SMILES string of the molecule is C[C@H]1NC(=O)[C@]2(C)CC[C@@H](c3ccc(OCC(F)(F)F)cc3Cl)[C@H](c3ccc(Cl)cc3)[C@H]12. The van der Waals surface area contributed by atoms with E-state index in [2.05, 4.69) is 5.32 Å². The van der Waals surface area contributed by atoms with Gasteiger partial charge in [0.2, 0.25) is 5.91 Å². The molecule has 1 aliphatic carbocycles. The minimum atomic E-state index is -4.42. The first-order valence-electron chi connectivity index (χ1n) is 10.5. The number of fused-ring (bicyclic) bond motifs is 1. The van der Waals surface area contributed by atoms with Crippen LogP contribution >= 0.6 is 23.2 Å². The van der Waals surface area contributed by atoms with E-state index in [1.54, 1.807) is 6.07 Å². The average molecular weight is 486 g/mol. The summed E-state index contributed by atoms with van der Waals surface area (Å²) < 4.78 is 42.4. The molecule has 1 N–H and O–H groups in total. The molecule has 172 valence electrons. The van der Waals surface area contributed by atoms with E-state index in [0.29, 0.717) is 16.5 Å². The highest BCUT2D eigenvalue weighted by Gasteiger charge is 2.57. The summed E-state index contributed by atoms with van der Waals surface area (Å²) in [5.74, 6) is 0.153. The number of ether oxygens (including phenoxy) is 1. The van der Waals surface area contributed by atoms with E-state index in [9.17, 15) is 18.0 Å². The first kappa shape index (κ1) is 23.2. The van der Waals surface area contributed by atoms with E-state index in [4.69, 9.17) is 27.9 Å². The maximum atomic E-state index is 12.8. The van der Waals surface area contributed by atoms with Crippen molar-refractivity contribution < 1.29 is 22.7 Å². The summed E-state index contributed by atoms with van der Waals surface area (Å²) >= 11 is 12.7. The molecule has 2 aliphatic rings. The predicted octanol–water partition coefficient (Wildman–Crippen LogP) is 6.74. The largest absolute Gasteiger partial charge is 0.484 e. The fourth-order valence-electron chi connectivity index (χ4n) is 5.57. The van der Waals surface area contributed by atoms with Gasteiger partial charge in [0.25, 0.3) is 0 Å². The van der Waals surface area contributed by atoms with Gasteiger partial charge in [-0.3, -0.25) is 4.79 Å². The summed E-state index contributed by atoms with van der Waals surface area (Å²) in [6.07, 6.45) is -3.00. The number of rotatable bonds is 4. The number of benzene rings is 2. The van der Waals surface area contributed by atoms with Crippen LogP contribution in [-0.2, 0) is 4.79 Å². The molecule has 0 bridgehead atoms. The van der Waals surface area contributed by atoms with Gasteiger partial charge in [0.15, 0.2) is 6.61 Å². The van der Waals surface area contributed by atoms with Crippen LogP contribution in [0.3, 0.4) is 0 Å². The topological polar surface area (TPSA) is 38.3 Å². The van der Waals surface area contributed by atoms with Gasteiger partial charge < -0.3 is 10.1 Å². The van der Waals surface area contributed by atoms with Crippen LogP contribution in [0.25, 0.3) is 0 Å². The molecule has 5 atom stereocenters. The summed E-state index contributed by atoms with van der Waals surface area (Å²) in [7, 11) is 0. The molecule has 0 spiro atoms. The Balaban J connectivity index is 1.72. The molecule has 1 saturated carbocycles. The van der Waals surface area contributed by atoms with Crippen LogP contribution in [0.5, 0.6) is 5.75 Å². The van der Waals surface area contributed by atoms with Crippen molar-refractivity contribution in [2.24, 2.45) is 11.3 Å². The monoisotopic (exact) mass is 485 g/mol. The Labute approximate surface area is 195 Å². The van der Waals surface area contributed by atoms with Crippen molar-refractivity contribution in [1.82, 2.24) is 5.32 Å². The minimum Gasteiger partial charge on any atom is -0.484 e. The third-order valence-electron chi connectivity index (χ3n) is 6.98. The molecule has 0 aromatic heterocycles. The third kappa shape index (κ3) is 4.32. The Morgan fingerprint density at radius 2 is 1.84 bits per heavy atom. The van der Waals surface area contributed by atoms with Crippen LogP contribution in [0, 0.1) is 11.3 Å². The lowest BCUT2D eigenvalue weighted by atomic mass is 9.56. The second-order valence-corrected chi connectivity index (χ2v) is 9.86. The standard InChI is InChI=1S/C24H24Cl2F3NO2/c1-13-21-20(14-3-5-15(25)6-4-14)18(9-10-23(21,2)22(31)30-13)17-8-7-16(11-19(17)26)32-12-24(27,28)29/h3-8,11,13,18,20-21H,9-10,12H2,1-2H3,(H,30,31)/t13-,18+,20+,21+,23-/m1/s1. The Bertz CT molecular complexity index is 1010. The lowest BCUT2D eigenvalue weighted by molar-refractivity contribution is -0.153. The van der Waals surface area contributed by atoms with Gasteiger partial charge in [0, 0.05) is 22.0 Å². The first-order chi connectivity index (χ1) is 15.0. The molecule has 1 heterocycles. The highest BCUT2D eigenvalue weighted by Crippen LogP contribution is 2.59. The van der Waals surface area contributed by atoms with Crippen LogP contribution in [-0.4, -0.2) is 24.7 Å². The van der Waals surface area contributed by atoms with Gasteiger partial charge in [-0.15, -0.1) is 0 Å². The number of amides is 1. The van der Waals surface area contributed by atoms with E-state index >= 15 is 0 Å². The maximum Gasteiger partial charge on any atom is 0.422 e. The molecule has 1 aliphatic heterocycles. The molecule has 2 aromatic rings. The zero-order valence-electron chi connectivity index (χ0n) is 17.7. The molecule has 4 rings (SSSR count). The summed E-state index contributed by atoms with van der Waals surface area (Å²) in [6, 6.07) is 12.3. The first-order valence-corrected chi connectivity index (χ1v) is 11.3. The van der Waals surface area contributed by atoms with Gasteiger partial charge in [-0.2, -0.15) is 13.2 Å². The molecule has 2 fully saturated rings. The van der Waals surface area contributed by atoms with Crippen LogP contribution in [0.1, 0.15) is 49.7 Å². The lowest BCUT2D eigenvalue weighted by Crippen LogP contribution is -2.42. The normalized spacial score (nSPS) is 30.0. The summed E-state index contributed by atoms with van der Waals surface area (Å²) in [5, 5.41) is 4.10. The van der Waals surface area contributed by atoms with Crippen LogP contribution in [0.15, 0.2) is 42.5 Å². The summed E-state index contributed by atoms with van der Waals surface area (Å²) in [4.78, 5) is 12.8. The number of hydrogen-bond donors (Lipinski definition) is 1. The number of nitrogens with one attached hydrogen (secondary N) is 1. The molecule has 1 saturated heterocycles. The highest BCUT2D eigenvalue weighted by atomic mass is 35.5. The van der Waals surface area contributed by atoms with E-state index in [1.807, 2.05) is 38.1 Å². The van der Waals surface area contributed by atoms with Crippen LogP contribution in [0.4, 0.5) is 13.2 Å². The zero-order valence-corrected chi connectivity index (χ0v) is 19.2. The molecule has 3 nitrogen and oxygen atoms in total. The van der Waals surface area contributed by atoms with Crippen molar-refractivity contribution in [2.75, 3.05) is 6.61 Å². The number of carbonyl (C=O) groups excluding carboxylic acids is 1. The van der Waals surface area contributed by atoms with Gasteiger partial charge >= 0.3 is 6.18 Å². The van der Waals surface area contributed by atoms with Crippen molar-refractivity contribution in [3.05, 3.63) is 63.6 Å². The number of alkyl halides is 3. The third-order valence-corrected chi connectivity index (χ3v) is 7.56. The molecular weight excluding hydrogens is 462 g/mol. The fraction of sp³-hybridized carbons (Fsp3) is 0.458. The molecule has 1 amide bonds. The van der Waals surface area contributed by atoms with E-state index in [1.165, 1.54) is 12.1 Å². The number of halogens is 5. The van der Waals surface area contributed by atoms with Crippen LogP contribution in [0.2, 0.25) is 10.0 Å². The summed E-state index contributed by atoms with van der Waals surface area (Å²) in [5.41, 5.74) is 1.41. The van der Waals surface area contributed by atoms with Gasteiger partial charge in [0.05, 0.1) is 5.41 Å². The fourth-order valence-corrected chi connectivity index (χ4v) is 6.01. The quantitative estimate of drug-likeness (QED) is 0.520. The minimum absolute atomic E-state index is 0.00596. The van der Waals surface area contributed by atoms with E-state index in [0.717, 1.165) is 17.5 Å². The number of hydrogen-bond acceptors (Lipinski definition) is 2. The van der Waals surface area contributed by atoms with Crippen LogP contribution < -0.4 is 10.1 Å². The average Bonchev–Trinajstić information content (AvgIpc) is 2.95. The number of carbonyl (C=O) groups is 1. The maximum absolute atomic E-state index is 12.8. The molecule has 0 unspecified atom stereocenters.